The highest BCUT2D eigenvalue weighted by molar-refractivity contribution is 5.85. The fraction of sp³-hybridized carbons (Fsp3) is 0.412. The highest BCUT2D eigenvalue weighted by atomic mass is 19.1. The van der Waals surface area contributed by atoms with Crippen LogP contribution in [0.1, 0.15) is 32.3 Å². The third-order valence-corrected chi connectivity index (χ3v) is 4.30. The molecule has 1 aromatic carbocycles. The van der Waals surface area contributed by atoms with Crippen LogP contribution in [-0.2, 0) is 16.1 Å². The van der Waals surface area contributed by atoms with Crippen LogP contribution in [0.15, 0.2) is 35.4 Å². The number of carbonyl (C=O) groups is 2. The summed E-state index contributed by atoms with van der Waals surface area (Å²) in [6.45, 7) is 4.12. The second-order valence-corrected chi connectivity index (χ2v) is 5.86. The number of carboxylic acids is 1. The number of rotatable bonds is 4. The van der Waals surface area contributed by atoms with Gasteiger partial charge in [-0.25, -0.2) is 4.39 Å². The minimum Gasteiger partial charge on any atom is -0.481 e. The molecule has 1 aliphatic rings. The Morgan fingerprint density at radius 2 is 1.68 bits per heavy atom. The number of halogens is 1. The van der Waals surface area contributed by atoms with Crippen molar-refractivity contribution in [1.82, 2.24) is 5.32 Å². The number of amides is 1. The molecule has 0 spiro atoms. The zero-order valence-corrected chi connectivity index (χ0v) is 12.7. The Kier molecular flexibility index (Phi) is 4.96. The zero-order chi connectivity index (χ0) is 16.3. The summed E-state index contributed by atoms with van der Waals surface area (Å²) in [6.07, 6.45) is 0.883. The number of carbonyl (C=O) groups excluding carboxylic acids is 1. The Morgan fingerprint density at radius 3 is 2.23 bits per heavy atom. The molecule has 0 radical (unpaired) electrons. The number of hydrogen-bond donors (Lipinski definition) is 2. The van der Waals surface area contributed by atoms with E-state index >= 15 is 0 Å². The zero-order valence-electron chi connectivity index (χ0n) is 12.7. The second-order valence-electron chi connectivity index (χ2n) is 5.86. The fourth-order valence-electron chi connectivity index (χ4n) is 2.75. The summed E-state index contributed by atoms with van der Waals surface area (Å²) >= 11 is 0. The van der Waals surface area contributed by atoms with Gasteiger partial charge in [0.05, 0.1) is 11.8 Å². The van der Waals surface area contributed by atoms with Gasteiger partial charge in [0.25, 0.3) is 0 Å². The summed E-state index contributed by atoms with van der Waals surface area (Å²) in [5.41, 5.74) is 2.91. The standard InChI is InChI=1S/C17H20FNO3/c1-10-7-14(15(17(21)22)8-11(10)2)16(20)19-9-12-3-5-13(18)6-4-12/h3-6,14-15H,7-9H2,1-2H3,(H,19,20)(H,21,22)/t14-,15+/m0/s1. The van der Waals surface area contributed by atoms with Crippen molar-refractivity contribution in [3.63, 3.8) is 0 Å². The molecule has 0 aliphatic heterocycles. The van der Waals surface area contributed by atoms with Crippen molar-refractivity contribution in [2.45, 2.75) is 33.2 Å². The molecule has 2 N–H and O–H groups in total. The van der Waals surface area contributed by atoms with Crippen LogP contribution >= 0.6 is 0 Å². The molecule has 5 heteroatoms. The van der Waals surface area contributed by atoms with Crippen LogP contribution in [0.3, 0.4) is 0 Å². The van der Waals surface area contributed by atoms with Crippen molar-refractivity contribution < 1.29 is 19.1 Å². The summed E-state index contributed by atoms with van der Waals surface area (Å²) in [5.74, 6) is -2.76. The first-order valence-electron chi connectivity index (χ1n) is 7.28. The lowest BCUT2D eigenvalue weighted by Crippen LogP contribution is -2.39. The normalized spacial score (nSPS) is 21.6. The van der Waals surface area contributed by atoms with E-state index in [1.54, 1.807) is 12.1 Å². The highest BCUT2D eigenvalue weighted by Gasteiger charge is 2.37. The fourth-order valence-corrected chi connectivity index (χ4v) is 2.75. The molecule has 2 rings (SSSR count). The molecule has 0 heterocycles. The number of carboxylic acid groups (broad SMARTS) is 1. The van der Waals surface area contributed by atoms with E-state index in [0.29, 0.717) is 12.8 Å². The van der Waals surface area contributed by atoms with Crippen LogP contribution in [0.25, 0.3) is 0 Å². The van der Waals surface area contributed by atoms with Crippen molar-refractivity contribution in [1.29, 1.82) is 0 Å². The molecule has 0 saturated heterocycles. The van der Waals surface area contributed by atoms with E-state index in [2.05, 4.69) is 5.32 Å². The number of nitrogens with one attached hydrogen (secondary N) is 1. The molecule has 0 saturated carbocycles. The molecule has 1 amide bonds. The van der Waals surface area contributed by atoms with E-state index in [1.807, 2.05) is 13.8 Å². The van der Waals surface area contributed by atoms with Gasteiger partial charge in [0.1, 0.15) is 5.82 Å². The molecule has 22 heavy (non-hydrogen) atoms. The predicted molar refractivity (Wildman–Crippen MR) is 80.5 cm³/mol. The van der Waals surface area contributed by atoms with Crippen LogP contribution in [0.4, 0.5) is 4.39 Å². The van der Waals surface area contributed by atoms with E-state index in [4.69, 9.17) is 0 Å². The third-order valence-electron chi connectivity index (χ3n) is 4.30. The van der Waals surface area contributed by atoms with Gasteiger partial charge in [-0.2, -0.15) is 0 Å². The molecule has 0 fully saturated rings. The summed E-state index contributed by atoms with van der Waals surface area (Å²) in [4.78, 5) is 23.7. The van der Waals surface area contributed by atoms with Crippen molar-refractivity contribution in [3.8, 4) is 0 Å². The van der Waals surface area contributed by atoms with Crippen LogP contribution in [-0.4, -0.2) is 17.0 Å². The maximum atomic E-state index is 12.8. The van der Waals surface area contributed by atoms with Gasteiger partial charge in [0.2, 0.25) is 5.91 Å². The summed E-state index contributed by atoms with van der Waals surface area (Å²) in [6, 6.07) is 5.86. The van der Waals surface area contributed by atoms with Gasteiger partial charge in [-0.1, -0.05) is 23.3 Å². The Bertz CT molecular complexity index is 607. The van der Waals surface area contributed by atoms with E-state index in [1.165, 1.54) is 12.1 Å². The monoisotopic (exact) mass is 305 g/mol. The van der Waals surface area contributed by atoms with Gasteiger partial charge in [-0.3, -0.25) is 9.59 Å². The van der Waals surface area contributed by atoms with E-state index in [0.717, 1.165) is 16.7 Å². The first-order valence-corrected chi connectivity index (χ1v) is 7.28. The first-order chi connectivity index (χ1) is 10.4. The van der Waals surface area contributed by atoms with E-state index < -0.39 is 17.8 Å². The van der Waals surface area contributed by atoms with Crippen LogP contribution < -0.4 is 5.32 Å². The van der Waals surface area contributed by atoms with Crippen LogP contribution in [0, 0.1) is 17.7 Å². The van der Waals surface area contributed by atoms with Gasteiger partial charge < -0.3 is 10.4 Å². The Balaban J connectivity index is 2.04. The maximum Gasteiger partial charge on any atom is 0.307 e. The molecule has 1 aromatic rings. The average molecular weight is 305 g/mol. The third kappa shape index (κ3) is 3.72. The lowest BCUT2D eigenvalue weighted by molar-refractivity contribution is -0.147. The van der Waals surface area contributed by atoms with Crippen molar-refractivity contribution >= 4 is 11.9 Å². The molecule has 118 valence electrons. The van der Waals surface area contributed by atoms with Gasteiger partial charge in [-0.15, -0.1) is 0 Å². The lowest BCUT2D eigenvalue weighted by atomic mass is 9.76. The first kappa shape index (κ1) is 16.2. The lowest BCUT2D eigenvalue weighted by Gasteiger charge is -2.29. The number of benzene rings is 1. The molecule has 0 unspecified atom stereocenters. The summed E-state index contributed by atoms with van der Waals surface area (Å²) in [7, 11) is 0. The number of aliphatic carboxylic acids is 1. The van der Waals surface area contributed by atoms with E-state index in [-0.39, 0.29) is 18.3 Å². The number of hydrogen-bond acceptors (Lipinski definition) is 2. The van der Waals surface area contributed by atoms with Crippen LogP contribution in [0.5, 0.6) is 0 Å². The maximum absolute atomic E-state index is 12.8. The summed E-state index contributed by atoms with van der Waals surface area (Å²) < 4.78 is 12.8. The average Bonchev–Trinajstić information content (AvgIpc) is 2.48. The Hall–Kier alpha value is -2.17. The van der Waals surface area contributed by atoms with Crippen LogP contribution in [0.2, 0.25) is 0 Å². The van der Waals surface area contributed by atoms with Gasteiger partial charge in [0.15, 0.2) is 0 Å². The Morgan fingerprint density at radius 1 is 1.14 bits per heavy atom. The largest absolute Gasteiger partial charge is 0.481 e. The van der Waals surface area contributed by atoms with Crippen molar-refractivity contribution in [2.24, 2.45) is 11.8 Å². The molecule has 4 nitrogen and oxygen atoms in total. The van der Waals surface area contributed by atoms with Gasteiger partial charge in [0, 0.05) is 6.54 Å². The molecule has 2 atom stereocenters. The van der Waals surface area contributed by atoms with Gasteiger partial charge in [-0.05, 0) is 44.4 Å². The minimum atomic E-state index is -0.936. The molecule has 0 aromatic heterocycles. The van der Waals surface area contributed by atoms with Crippen molar-refractivity contribution in [2.75, 3.05) is 0 Å². The predicted octanol–water partition coefficient (Wildman–Crippen LogP) is 2.89. The van der Waals surface area contributed by atoms with Gasteiger partial charge >= 0.3 is 5.97 Å². The molecular formula is C17H20FNO3. The molecule has 1 aliphatic carbocycles. The topological polar surface area (TPSA) is 66.4 Å². The van der Waals surface area contributed by atoms with E-state index in [9.17, 15) is 19.1 Å². The molecular weight excluding hydrogens is 285 g/mol. The molecule has 0 bridgehead atoms. The highest BCUT2D eigenvalue weighted by Crippen LogP contribution is 2.34. The second kappa shape index (κ2) is 6.73. The minimum absolute atomic E-state index is 0.261. The quantitative estimate of drug-likeness (QED) is 0.841. The Labute approximate surface area is 129 Å². The number of allylic oxidation sites excluding steroid dienone is 2. The van der Waals surface area contributed by atoms with Crippen molar-refractivity contribution in [3.05, 3.63) is 46.8 Å². The smallest absolute Gasteiger partial charge is 0.307 e. The summed E-state index contributed by atoms with van der Waals surface area (Å²) in [5, 5.41) is 12.1. The SMILES string of the molecule is CC1=C(C)C[C@@H](C(=O)O)[C@@H](C(=O)NCc2ccc(F)cc2)C1.